The van der Waals surface area contributed by atoms with Crippen molar-refractivity contribution in [2.75, 3.05) is 0 Å². The van der Waals surface area contributed by atoms with Gasteiger partial charge in [-0.2, -0.15) is 0 Å². The van der Waals surface area contributed by atoms with Gasteiger partial charge in [-0.3, -0.25) is 0 Å². The molecule has 0 N–H and O–H groups in total. The second kappa shape index (κ2) is 13.4. The van der Waals surface area contributed by atoms with Gasteiger partial charge < -0.3 is 0 Å². The molecule has 236 valence electrons. The lowest BCUT2D eigenvalue weighted by atomic mass is 10.00. The van der Waals surface area contributed by atoms with E-state index in [1.54, 1.807) is 12.2 Å². The van der Waals surface area contributed by atoms with Crippen molar-refractivity contribution in [1.29, 1.82) is 0 Å². The molecule has 2 aromatic heterocycles. The van der Waals surface area contributed by atoms with Crippen LogP contribution in [0.15, 0.2) is 183 Å². The highest BCUT2D eigenvalue weighted by Crippen LogP contribution is 2.32. The van der Waals surface area contributed by atoms with Crippen LogP contribution in [0.5, 0.6) is 0 Å². The van der Waals surface area contributed by atoms with E-state index in [1.807, 2.05) is 48.5 Å². The van der Waals surface area contributed by atoms with E-state index >= 15 is 0 Å². The maximum Gasteiger partial charge on any atom is 0.160 e. The van der Waals surface area contributed by atoms with Crippen LogP contribution >= 0.6 is 0 Å². The minimum absolute atomic E-state index is 0.633. The first-order valence-corrected chi connectivity index (χ1v) is 16.5. The second-order valence-corrected chi connectivity index (χ2v) is 12.0. The Morgan fingerprint density at radius 2 is 1.08 bits per heavy atom. The number of para-hydroxylation sites is 1. The van der Waals surface area contributed by atoms with Crippen molar-refractivity contribution in [3.05, 3.63) is 189 Å². The first-order valence-electron chi connectivity index (χ1n) is 16.5. The summed E-state index contributed by atoms with van der Waals surface area (Å²) in [4.78, 5) is 20.0. The van der Waals surface area contributed by atoms with Crippen LogP contribution in [0.1, 0.15) is 5.69 Å². The average Bonchev–Trinajstić information content (AvgIpc) is 3.19. The molecule has 0 saturated heterocycles. The molecule has 0 bridgehead atoms. The molecule has 8 aromatic rings. The Hall–Kier alpha value is -6.78. The van der Waals surface area contributed by atoms with E-state index in [0.717, 1.165) is 61.4 Å². The fourth-order valence-corrected chi connectivity index (χ4v) is 6.25. The molecule has 4 heteroatoms. The van der Waals surface area contributed by atoms with Crippen LogP contribution in [-0.4, -0.2) is 19.9 Å². The predicted molar refractivity (Wildman–Crippen MR) is 208 cm³/mol. The highest BCUT2D eigenvalue weighted by molar-refractivity contribution is 5.93. The van der Waals surface area contributed by atoms with Crippen LogP contribution in [0.2, 0.25) is 0 Å². The van der Waals surface area contributed by atoms with E-state index in [9.17, 15) is 0 Å². The summed E-state index contributed by atoms with van der Waals surface area (Å²) in [6.45, 7) is 7.93. The summed E-state index contributed by atoms with van der Waals surface area (Å²) in [6, 6.07) is 52.1. The minimum atomic E-state index is 0.633. The summed E-state index contributed by atoms with van der Waals surface area (Å²) in [5, 5.41) is 3.47. The smallest absolute Gasteiger partial charge is 0.160 e. The summed E-state index contributed by atoms with van der Waals surface area (Å²) in [6.07, 6.45) is 5.46. The van der Waals surface area contributed by atoms with E-state index in [-0.39, 0.29) is 0 Å². The van der Waals surface area contributed by atoms with Crippen LogP contribution in [0.25, 0.3) is 83.7 Å². The molecular formula is C46H32N4. The van der Waals surface area contributed by atoms with E-state index in [4.69, 9.17) is 19.9 Å². The maximum atomic E-state index is 5.06. The quantitative estimate of drug-likeness (QED) is 0.155. The highest BCUT2D eigenvalue weighted by Gasteiger charge is 2.14. The average molecular weight is 641 g/mol. The van der Waals surface area contributed by atoms with Crippen molar-refractivity contribution in [1.82, 2.24) is 19.9 Å². The number of rotatable bonds is 8. The molecule has 6 aromatic carbocycles. The summed E-state index contributed by atoms with van der Waals surface area (Å²) in [5.74, 6) is 1.31. The number of aromatic nitrogens is 4. The van der Waals surface area contributed by atoms with Gasteiger partial charge in [0.1, 0.15) is 0 Å². The van der Waals surface area contributed by atoms with Gasteiger partial charge in [-0.1, -0.05) is 165 Å². The number of benzene rings is 6. The third kappa shape index (κ3) is 6.02. The molecule has 0 unspecified atom stereocenters. The van der Waals surface area contributed by atoms with E-state index < -0.39 is 0 Å². The van der Waals surface area contributed by atoms with Crippen LogP contribution in [-0.2, 0) is 0 Å². The molecule has 0 saturated carbocycles. The predicted octanol–water partition coefficient (Wildman–Crippen LogP) is 11.7. The Bertz CT molecular complexity index is 2550. The lowest BCUT2D eigenvalue weighted by Crippen LogP contribution is -1.98. The molecular weight excluding hydrogens is 609 g/mol. The number of allylic oxidation sites excluding steroid dienone is 4. The zero-order chi connectivity index (χ0) is 33.9. The van der Waals surface area contributed by atoms with Gasteiger partial charge >= 0.3 is 0 Å². The molecule has 0 atom stereocenters. The number of hydrogen-bond acceptors (Lipinski definition) is 4. The van der Waals surface area contributed by atoms with E-state index in [1.165, 1.54) is 16.3 Å². The van der Waals surface area contributed by atoms with Crippen molar-refractivity contribution in [2.45, 2.75) is 0 Å². The Morgan fingerprint density at radius 3 is 1.82 bits per heavy atom. The number of hydrogen-bond donors (Lipinski definition) is 0. The summed E-state index contributed by atoms with van der Waals surface area (Å²) < 4.78 is 0. The monoisotopic (exact) mass is 640 g/mol. The van der Waals surface area contributed by atoms with E-state index in [0.29, 0.717) is 11.6 Å². The van der Waals surface area contributed by atoms with Gasteiger partial charge in [0.2, 0.25) is 0 Å². The molecule has 0 aliphatic carbocycles. The van der Waals surface area contributed by atoms with Crippen LogP contribution in [0.3, 0.4) is 0 Å². The first-order chi connectivity index (χ1) is 24.7. The molecule has 0 aliphatic rings. The zero-order valence-corrected chi connectivity index (χ0v) is 27.4. The summed E-state index contributed by atoms with van der Waals surface area (Å²) >= 11 is 0. The van der Waals surface area contributed by atoms with Crippen molar-refractivity contribution in [3.63, 3.8) is 0 Å². The standard InChI is InChI=1S/C46H32N4/c1-3-12-31(4-2)42-30-43(49-45(48-42)36-24-19-33(20-25-36)39-28-21-32-13-8-9-16-38(32)29-39)34-22-26-37(27-23-34)46-47-41-18-11-10-17-40(41)44(50-46)35-14-6-5-7-15-35/h3-30H,1-2H2/b31-12+. The number of fused-ring (bicyclic) bond motifs is 2. The van der Waals surface area contributed by atoms with Gasteiger partial charge in [0, 0.05) is 27.6 Å². The SMILES string of the molecule is C=C/C=C(\C=C)c1cc(-c2ccc(-c3nc(-c4ccccc4)c4ccccc4n3)cc2)nc(-c2ccc(-c3ccc4ccccc4c3)cc2)n1. The van der Waals surface area contributed by atoms with Crippen LogP contribution < -0.4 is 0 Å². The largest absolute Gasteiger partial charge is 0.228 e. The second-order valence-electron chi connectivity index (χ2n) is 12.0. The van der Waals surface area contributed by atoms with Crippen LogP contribution in [0.4, 0.5) is 0 Å². The number of nitrogens with zero attached hydrogens (tertiary/aromatic N) is 4. The maximum absolute atomic E-state index is 5.06. The van der Waals surface area contributed by atoms with Gasteiger partial charge in [0.15, 0.2) is 11.6 Å². The van der Waals surface area contributed by atoms with Gasteiger partial charge in [0.05, 0.1) is 22.6 Å². The van der Waals surface area contributed by atoms with Gasteiger partial charge in [0.25, 0.3) is 0 Å². The lowest BCUT2D eigenvalue weighted by molar-refractivity contribution is 1.16. The molecule has 4 nitrogen and oxygen atoms in total. The van der Waals surface area contributed by atoms with Crippen LogP contribution in [0, 0.1) is 0 Å². The summed E-state index contributed by atoms with van der Waals surface area (Å²) in [5.41, 5.74) is 10.4. The molecule has 2 heterocycles. The zero-order valence-electron chi connectivity index (χ0n) is 27.4. The van der Waals surface area contributed by atoms with E-state index in [2.05, 4.69) is 122 Å². The van der Waals surface area contributed by atoms with Crippen molar-refractivity contribution in [2.24, 2.45) is 0 Å². The Balaban J connectivity index is 1.17. The topological polar surface area (TPSA) is 51.6 Å². The Labute approximate surface area is 291 Å². The molecule has 8 rings (SSSR count). The molecule has 0 amide bonds. The lowest BCUT2D eigenvalue weighted by Gasteiger charge is -2.12. The minimum Gasteiger partial charge on any atom is -0.228 e. The van der Waals surface area contributed by atoms with Crippen molar-refractivity contribution < 1.29 is 0 Å². The fraction of sp³-hybridized carbons (Fsp3) is 0. The molecule has 0 aliphatic heterocycles. The molecule has 0 radical (unpaired) electrons. The third-order valence-electron chi connectivity index (χ3n) is 8.85. The molecule has 0 spiro atoms. The Kier molecular flexibility index (Phi) is 8.17. The van der Waals surface area contributed by atoms with Crippen molar-refractivity contribution >= 4 is 27.2 Å². The van der Waals surface area contributed by atoms with Gasteiger partial charge in [-0.15, -0.1) is 0 Å². The summed E-state index contributed by atoms with van der Waals surface area (Å²) in [7, 11) is 0. The normalized spacial score (nSPS) is 11.5. The first kappa shape index (κ1) is 30.5. The van der Waals surface area contributed by atoms with Crippen molar-refractivity contribution in [3.8, 4) is 56.4 Å². The molecule has 0 fully saturated rings. The third-order valence-corrected chi connectivity index (χ3v) is 8.85. The fourth-order valence-electron chi connectivity index (χ4n) is 6.25. The van der Waals surface area contributed by atoms with Gasteiger partial charge in [-0.25, -0.2) is 19.9 Å². The highest BCUT2D eigenvalue weighted by atomic mass is 14.9. The Morgan fingerprint density at radius 1 is 0.460 bits per heavy atom. The van der Waals surface area contributed by atoms with Gasteiger partial charge in [-0.05, 0) is 45.7 Å². The molecule has 50 heavy (non-hydrogen) atoms.